The molecule has 0 aliphatic carbocycles. The predicted molar refractivity (Wildman–Crippen MR) is 70.2 cm³/mol. The van der Waals surface area contributed by atoms with Crippen molar-refractivity contribution < 1.29 is 5.11 Å². The summed E-state index contributed by atoms with van der Waals surface area (Å²) in [5, 5.41) is 10.2. The van der Waals surface area contributed by atoms with Gasteiger partial charge in [0.05, 0.1) is 6.10 Å². The van der Waals surface area contributed by atoms with Crippen molar-refractivity contribution in [2.75, 3.05) is 0 Å². The average molecular weight is 241 g/mol. The molecule has 0 bridgehead atoms. The Bertz CT molecular complexity index is 330. The van der Waals surface area contributed by atoms with Crippen LogP contribution in [0.1, 0.15) is 50.7 Å². The Kier molecular flexibility index (Phi) is 5.30. The monoisotopic (exact) mass is 240 g/mol. The van der Waals surface area contributed by atoms with Gasteiger partial charge >= 0.3 is 0 Å². The summed E-state index contributed by atoms with van der Waals surface area (Å²) in [4.78, 5) is 0. The Hall–Kier alpha value is -0.530. The molecule has 0 aliphatic rings. The summed E-state index contributed by atoms with van der Waals surface area (Å²) in [6.45, 7) is 6.17. The van der Waals surface area contributed by atoms with Gasteiger partial charge in [0.1, 0.15) is 0 Å². The number of benzene rings is 1. The summed E-state index contributed by atoms with van der Waals surface area (Å²) in [6, 6.07) is 6.17. The molecule has 0 aliphatic heterocycles. The SMILES string of the molecule is CCC(CC)c1ccc(CC(C)O)cc1Cl. The molecule has 0 radical (unpaired) electrons. The van der Waals surface area contributed by atoms with Gasteiger partial charge in [-0.2, -0.15) is 0 Å². The van der Waals surface area contributed by atoms with E-state index >= 15 is 0 Å². The Balaban J connectivity index is 2.90. The van der Waals surface area contributed by atoms with Crippen LogP contribution in [0.5, 0.6) is 0 Å². The molecule has 1 aromatic rings. The van der Waals surface area contributed by atoms with E-state index < -0.39 is 0 Å². The van der Waals surface area contributed by atoms with Crippen molar-refractivity contribution in [3.05, 3.63) is 34.3 Å². The van der Waals surface area contributed by atoms with Crippen LogP contribution in [0.25, 0.3) is 0 Å². The number of halogens is 1. The van der Waals surface area contributed by atoms with Crippen LogP contribution in [0.2, 0.25) is 5.02 Å². The molecule has 1 rings (SSSR count). The molecule has 0 spiro atoms. The second kappa shape index (κ2) is 6.27. The third-order valence-corrected chi connectivity index (χ3v) is 3.35. The largest absolute Gasteiger partial charge is 0.393 e. The quantitative estimate of drug-likeness (QED) is 0.819. The van der Waals surface area contributed by atoms with E-state index in [2.05, 4.69) is 26.0 Å². The van der Waals surface area contributed by atoms with Crippen molar-refractivity contribution in [3.8, 4) is 0 Å². The Morgan fingerprint density at radius 3 is 2.31 bits per heavy atom. The van der Waals surface area contributed by atoms with Crippen molar-refractivity contribution in [2.24, 2.45) is 0 Å². The zero-order valence-electron chi connectivity index (χ0n) is 10.3. The molecule has 2 heteroatoms. The maximum Gasteiger partial charge on any atom is 0.0552 e. The molecule has 1 unspecified atom stereocenters. The van der Waals surface area contributed by atoms with Crippen molar-refractivity contribution >= 4 is 11.6 Å². The number of aliphatic hydroxyl groups excluding tert-OH is 1. The molecule has 1 atom stereocenters. The fraction of sp³-hybridized carbons (Fsp3) is 0.571. The second-order valence-corrected chi connectivity index (χ2v) is 4.83. The molecule has 0 saturated heterocycles. The summed E-state index contributed by atoms with van der Waals surface area (Å²) in [5.74, 6) is 0.549. The lowest BCUT2D eigenvalue weighted by Crippen LogP contribution is -2.05. The number of hydrogen-bond donors (Lipinski definition) is 1. The molecular formula is C14H21ClO. The molecule has 1 aromatic carbocycles. The van der Waals surface area contributed by atoms with E-state index in [0.29, 0.717) is 12.3 Å². The van der Waals surface area contributed by atoms with Gasteiger partial charge in [-0.3, -0.25) is 0 Å². The number of aliphatic hydroxyl groups is 1. The smallest absolute Gasteiger partial charge is 0.0552 e. The van der Waals surface area contributed by atoms with Crippen LogP contribution in [-0.2, 0) is 6.42 Å². The van der Waals surface area contributed by atoms with E-state index in [1.165, 1.54) is 5.56 Å². The lowest BCUT2D eigenvalue weighted by molar-refractivity contribution is 0.195. The third kappa shape index (κ3) is 3.50. The van der Waals surface area contributed by atoms with Gasteiger partial charge in [-0.1, -0.05) is 37.6 Å². The van der Waals surface area contributed by atoms with Gasteiger partial charge in [0.15, 0.2) is 0 Å². The van der Waals surface area contributed by atoms with Crippen LogP contribution >= 0.6 is 11.6 Å². The van der Waals surface area contributed by atoms with Crippen molar-refractivity contribution in [1.82, 2.24) is 0 Å². The third-order valence-electron chi connectivity index (χ3n) is 3.02. The van der Waals surface area contributed by atoms with Crippen molar-refractivity contribution in [3.63, 3.8) is 0 Å². The Morgan fingerprint density at radius 1 is 1.25 bits per heavy atom. The second-order valence-electron chi connectivity index (χ2n) is 4.42. The predicted octanol–water partition coefficient (Wildman–Crippen LogP) is 4.17. The Labute approximate surface area is 103 Å². The maximum atomic E-state index is 9.32. The highest BCUT2D eigenvalue weighted by atomic mass is 35.5. The first-order valence-electron chi connectivity index (χ1n) is 6.04. The lowest BCUT2D eigenvalue weighted by atomic mass is 9.92. The molecule has 16 heavy (non-hydrogen) atoms. The first-order valence-corrected chi connectivity index (χ1v) is 6.42. The fourth-order valence-corrected chi connectivity index (χ4v) is 2.46. The zero-order valence-corrected chi connectivity index (χ0v) is 11.1. The summed E-state index contributed by atoms with van der Waals surface area (Å²) in [5.41, 5.74) is 2.34. The summed E-state index contributed by atoms with van der Waals surface area (Å²) in [6.07, 6.45) is 2.59. The standard InChI is InChI=1S/C14H21ClO/c1-4-12(5-2)13-7-6-11(8-10(3)16)9-14(13)15/h6-7,9-10,12,16H,4-5,8H2,1-3H3. The van der Waals surface area contributed by atoms with Gasteiger partial charge in [-0.15, -0.1) is 0 Å². The molecule has 0 aromatic heterocycles. The fourth-order valence-electron chi connectivity index (χ4n) is 2.10. The van der Waals surface area contributed by atoms with E-state index in [9.17, 15) is 5.11 Å². The van der Waals surface area contributed by atoms with Crippen molar-refractivity contribution in [1.29, 1.82) is 0 Å². The van der Waals surface area contributed by atoms with Gasteiger partial charge in [-0.05, 0) is 49.3 Å². The summed E-state index contributed by atoms with van der Waals surface area (Å²) in [7, 11) is 0. The van der Waals surface area contributed by atoms with Crippen molar-refractivity contribution in [2.45, 2.75) is 52.1 Å². The lowest BCUT2D eigenvalue weighted by Gasteiger charge is -2.15. The molecule has 0 amide bonds. The molecule has 0 heterocycles. The summed E-state index contributed by atoms with van der Waals surface area (Å²) < 4.78 is 0. The first-order chi connectivity index (χ1) is 7.58. The van der Waals surface area contributed by atoms with E-state index in [-0.39, 0.29) is 6.10 Å². The molecule has 1 nitrogen and oxygen atoms in total. The van der Waals surface area contributed by atoms with Crippen LogP contribution in [0.4, 0.5) is 0 Å². The van der Waals surface area contributed by atoms with Crippen LogP contribution < -0.4 is 0 Å². The topological polar surface area (TPSA) is 20.2 Å². The molecular weight excluding hydrogens is 220 g/mol. The molecule has 0 fully saturated rings. The summed E-state index contributed by atoms with van der Waals surface area (Å²) >= 11 is 6.28. The normalized spacial score (nSPS) is 13.1. The molecule has 90 valence electrons. The first kappa shape index (κ1) is 13.5. The van der Waals surface area contributed by atoms with E-state index in [0.717, 1.165) is 23.4 Å². The minimum absolute atomic E-state index is 0.310. The van der Waals surface area contributed by atoms with Crippen LogP contribution in [-0.4, -0.2) is 11.2 Å². The van der Waals surface area contributed by atoms with Crippen LogP contribution in [0.15, 0.2) is 18.2 Å². The van der Waals surface area contributed by atoms with Crippen LogP contribution in [0.3, 0.4) is 0 Å². The highest BCUT2D eigenvalue weighted by molar-refractivity contribution is 6.31. The zero-order chi connectivity index (χ0) is 12.1. The van der Waals surface area contributed by atoms with Gasteiger partial charge in [0.2, 0.25) is 0 Å². The van der Waals surface area contributed by atoms with Crippen LogP contribution in [0, 0.1) is 0 Å². The van der Waals surface area contributed by atoms with Gasteiger partial charge in [-0.25, -0.2) is 0 Å². The van der Waals surface area contributed by atoms with Gasteiger partial charge in [0.25, 0.3) is 0 Å². The highest BCUT2D eigenvalue weighted by Crippen LogP contribution is 2.30. The maximum absolute atomic E-state index is 9.32. The molecule has 1 N–H and O–H groups in total. The number of rotatable bonds is 5. The van der Waals surface area contributed by atoms with Gasteiger partial charge < -0.3 is 5.11 Å². The highest BCUT2D eigenvalue weighted by Gasteiger charge is 2.11. The minimum atomic E-state index is -0.310. The van der Waals surface area contributed by atoms with E-state index in [1.54, 1.807) is 6.92 Å². The average Bonchev–Trinajstić information content (AvgIpc) is 2.21. The Morgan fingerprint density at radius 2 is 1.88 bits per heavy atom. The van der Waals surface area contributed by atoms with E-state index in [1.807, 2.05) is 6.07 Å². The van der Waals surface area contributed by atoms with Gasteiger partial charge in [0, 0.05) is 5.02 Å². The molecule has 0 saturated carbocycles. The number of hydrogen-bond acceptors (Lipinski definition) is 1. The minimum Gasteiger partial charge on any atom is -0.393 e. The van der Waals surface area contributed by atoms with E-state index in [4.69, 9.17) is 11.6 Å².